The number of carbonyl (C=O) groups excluding carboxylic acids is 1. The third-order valence-electron chi connectivity index (χ3n) is 3.16. The highest BCUT2D eigenvalue weighted by Gasteiger charge is 2.17. The summed E-state index contributed by atoms with van der Waals surface area (Å²) >= 11 is 0. The minimum Gasteiger partial charge on any atom is -0.444 e. The molecule has 3 nitrogen and oxygen atoms in total. The van der Waals surface area contributed by atoms with Crippen molar-refractivity contribution in [3.63, 3.8) is 0 Å². The van der Waals surface area contributed by atoms with E-state index in [1.807, 2.05) is 20.8 Å². The van der Waals surface area contributed by atoms with Crippen molar-refractivity contribution in [3.05, 3.63) is 0 Å². The van der Waals surface area contributed by atoms with Crippen molar-refractivity contribution in [2.24, 2.45) is 11.8 Å². The summed E-state index contributed by atoms with van der Waals surface area (Å²) in [5, 5.41) is 2.82. The SMILES string of the molecule is CC[C@H](CCNC(=O)OC(C)(C)C)[C@H](C)CC. The second-order valence-corrected chi connectivity index (χ2v) is 5.77. The second-order valence-electron chi connectivity index (χ2n) is 5.77. The smallest absolute Gasteiger partial charge is 0.407 e. The molecule has 0 aromatic rings. The van der Waals surface area contributed by atoms with Crippen LogP contribution in [0.5, 0.6) is 0 Å². The van der Waals surface area contributed by atoms with Gasteiger partial charge in [0.1, 0.15) is 5.60 Å². The maximum absolute atomic E-state index is 11.4. The zero-order valence-corrected chi connectivity index (χ0v) is 12.3. The fraction of sp³-hybridized carbons (Fsp3) is 0.929. The minimum absolute atomic E-state index is 0.309. The van der Waals surface area contributed by atoms with Crippen molar-refractivity contribution < 1.29 is 9.53 Å². The molecular weight excluding hydrogens is 214 g/mol. The lowest BCUT2D eigenvalue weighted by Crippen LogP contribution is -2.33. The van der Waals surface area contributed by atoms with Gasteiger partial charge in [0.15, 0.2) is 0 Å². The first-order chi connectivity index (χ1) is 7.80. The number of amides is 1. The Hall–Kier alpha value is -0.730. The molecule has 102 valence electrons. The molecule has 0 fully saturated rings. The molecule has 0 radical (unpaired) electrons. The normalized spacial score (nSPS) is 15.2. The van der Waals surface area contributed by atoms with E-state index in [0.29, 0.717) is 12.5 Å². The van der Waals surface area contributed by atoms with Crippen LogP contribution in [0.2, 0.25) is 0 Å². The van der Waals surface area contributed by atoms with Crippen LogP contribution in [0.3, 0.4) is 0 Å². The van der Waals surface area contributed by atoms with E-state index in [2.05, 4.69) is 26.1 Å². The molecular formula is C14H29NO2. The first-order valence-corrected chi connectivity index (χ1v) is 6.77. The molecule has 0 saturated heterocycles. The van der Waals surface area contributed by atoms with E-state index >= 15 is 0 Å². The highest BCUT2D eigenvalue weighted by Crippen LogP contribution is 2.21. The molecule has 0 heterocycles. The van der Waals surface area contributed by atoms with Crippen LogP contribution in [0.25, 0.3) is 0 Å². The molecule has 3 heteroatoms. The Morgan fingerprint density at radius 2 is 1.82 bits per heavy atom. The van der Waals surface area contributed by atoms with Crippen LogP contribution >= 0.6 is 0 Å². The number of ether oxygens (including phenoxy) is 1. The summed E-state index contributed by atoms with van der Waals surface area (Å²) in [6.07, 6.45) is 3.09. The molecule has 0 spiro atoms. The van der Waals surface area contributed by atoms with Crippen LogP contribution in [0.1, 0.15) is 60.8 Å². The number of carbonyl (C=O) groups is 1. The Morgan fingerprint density at radius 1 is 1.24 bits per heavy atom. The van der Waals surface area contributed by atoms with Gasteiger partial charge in [0.25, 0.3) is 0 Å². The highest BCUT2D eigenvalue weighted by atomic mass is 16.6. The summed E-state index contributed by atoms with van der Waals surface area (Å²) in [5.74, 6) is 1.41. The number of nitrogens with one attached hydrogen (secondary N) is 1. The first-order valence-electron chi connectivity index (χ1n) is 6.77. The van der Waals surface area contributed by atoms with Gasteiger partial charge >= 0.3 is 6.09 Å². The zero-order valence-electron chi connectivity index (χ0n) is 12.3. The lowest BCUT2D eigenvalue weighted by molar-refractivity contribution is 0.0523. The summed E-state index contributed by atoms with van der Waals surface area (Å²) in [4.78, 5) is 11.4. The van der Waals surface area contributed by atoms with Crippen LogP contribution < -0.4 is 5.32 Å². The van der Waals surface area contributed by atoms with Gasteiger partial charge in [-0.25, -0.2) is 4.79 Å². The van der Waals surface area contributed by atoms with Crippen molar-refractivity contribution in [1.29, 1.82) is 0 Å². The molecule has 0 saturated carbocycles. The lowest BCUT2D eigenvalue weighted by Gasteiger charge is -2.23. The van der Waals surface area contributed by atoms with Crippen molar-refractivity contribution in [3.8, 4) is 0 Å². The predicted molar refractivity (Wildman–Crippen MR) is 72.1 cm³/mol. The van der Waals surface area contributed by atoms with Crippen LogP contribution in [-0.4, -0.2) is 18.2 Å². The Balaban J connectivity index is 3.85. The molecule has 1 N–H and O–H groups in total. The number of rotatable bonds is 6. The zero-order chi connectivity index (χ0) is 13.5. The van der Waals surface area contributed by atoms with Gasteiger partial charge in [0.05, 0.1) is 0 Å². The van der Waals surface area contributed by atoms with E-state index in [-0.39, 0.29) is 6.09 Å². The van der Waals surface area contributed by atoms with E-state index in [4.69, 9.17) is 4.74 Å². The molecule has 2 atom stereocenters. The van der Waals surface area contributed by atoms with E-state index in [9.17, 15) is 4.79 Å². The third kappa shape index (κ3) is 8.06. The molecule has 0 aromatic carbocycles. The van der Waals surface area contributed by atoms with Crippen molar-refractivity contribution >= 4 is 6.09 Å². The van der Waals surface area contributed by atoms with Gasteiger partial charge in [-0.1, -0.05) is 33.6 Å². The molecule has 0 rings (SSSR count). The Bertz CT molecular complexity index is 221. The Kier molecular flexibility index (Phi) is 7.24. The largest absolute Gasteiger partial charge is 0.444 e. The molecule has 0 aliphatic heterocycles. The van der Waals surface area contributed by atoms with Gasteiger partial charge in [-0.2, -0.15) is 0 Å². The van der Waals surface area contributed by atoms with E-state index in [1.165, 1.54) is 12.8 Å². The maximum atomic E-state index is 11.4. The Labute approximate surface area is 106 Å². The van der Waals surface area contributed by atoms with E-state index in [1.54, 1.807) is 0 Å². The van der Waals surface area contributed by atoms with Gasteiger partial charge in [-0.05, 0) is 39.0 Å². The van der Waals surface area contributed by atoms with Crippen LogP contribution in [-0.2, 0) is 4.74 Å². The van der Waals surface area contributed by atoms with E-state index < -0.39 is 5.60 Å². The topological polar surface area (TPSA) is 38.3 Å². The lowest BCUT2D eigenvalue weighted by atomic mass is 9.87. The van der Waals surface area contributed by atoms with Crippen molar-refractivity contribution in [1.82, 2.24) is 5.32 Å². The molecule has 0 bridgehead atoms. The molecule has 0 unspecified atom stereocenters. The summed E-state index contributed by atoms with van der Waals surface area (Å²) < 4.78 is 5.19. The van der Waals surface area contributed by atoms with Gasteiger partial charge in [-0.3, -0.25) is 0 Å². The summed E-state index contributed by atoms with van der Waals surface area (Å²) in [6.45, 7) is 13.0. The quantitative estimate of drug-likeness (QED) is 0.766. The highest BCUT2D eigenvalue weighted by molar-refractivity contribution is 5.67. The summed E-state index contributed by atoms with van der Waals surface area (Å²) in [6, 6.07) is 0. The number of alkyl carbamates (subject to hydrolysis) is 1. The van der Waals surface area contributed by atoms with Crippen molar-refractivity contribution in [2.45, 2.75) is 66.4 Å². The average Bonchev–Trinajstić information content (AvgIpc) is 2.21. The van der Waals surface area contributed by atoms with Gasteiger partial charge < -0.3 is 10.1 Å². The number of hydrogen-bond donors (Lipinski definition) is 1. The van der Waals surface area contributed by atoms with Gasteiger partial charge in [0.2, 0.25) is 0 Å². The fourth-order valence-electron chi connectivity index (χ4n) is 1.90. The third-order valence-corrected chi connectivity index (χ3v) is 3.16. The summed E-state index contributed by atoms with van der Waals surface area (Å²) in [5.41, 5.74) is -0.412. The van der Waals surface area contributed by atoms with Crippen LogP contribution in [0.4, 0.5) is 4.79 Å². The van der Waals surface area contributed by atoms with Crippen molar-refractivity contribution in [2.75, 3.05) is 6.54 Å². The predicted octanol–water partition coefficient (Wildman–Crippen LogP) is 3.97. The Morgan fingerprint density at radius 3 is 2.24 bits per heavy atom. The molecule has 0 aliphatic carbocycles. The van der Waals surface area contributed by atoms with E-state index in [0.717, 1.165) is 12.3 Å². The van der Waals surface area contributed by atoms with Gasteiger partial charge in [-0.15, -0.1) is 0 Å². The standard InChI is InChI=1S/C14H29NO2/c1-7-11(3)12(8-2)9-10-15-13(16)17-14(4,5)6/h11-12H,7-10H2,1-6H3,(H,15,16)/t11-,12-/m1/s1. The summed E-state index contributed by atoms with van der Waals surface area (Å²) in [7, 11) is 0. The average molecular weight is 243 g/mol. The van der Waals surface area contributed by atoms with Crippen LogP contribution in [0, 0.1) is 11.8 Å². The monoisotopic (exact) mass is 243 g/mol. The second kappa shape index (κ2) is 7.57. The maximum Gasteiger partial charge on any atom is 0.407 e. The van der Waals surface area contributed by atoms with Crippen LogP contribution in [0.15, 0.2) is 0 Å². The fourth-order valence-corrected chi connectivity index (χ4v) is 1.90. The first kappa shape index (κ1) is 16.3. The molecule has 1 amide bonds. The minimum atomic E-state index is -0.412. The van der Waals surface area contributed by atoms with Gasteiger partial charge in [0, 0.05) is 6.54 Å². The molecule has 17 heavy (non-hydrogen) atoms. The molecule has 0 aliphatic rings. The number of hydrogen-bond acceptors (Lipinski definition) is 2. The molecule has 0 aromatic heterocycles.